The van der Waals surface area contributed by atoms with Crippen LogP contribution in [0.1, 0.15) is 12.8 Å². The Hall–Kier alpha value is -2.45. The van der Waals surface area contributed by atoms with Crippen LogP contribution in [0.15, 0.2) is 42.5 Å². The minimum absolute atomic E-state index is 0.00972. The summed E-state index contributed by atoms with van der Waals surface area (Å²) in [5, 5.41) is 2.10. The first kappa shape index (κ1) is 20.5. The average Bonchev–Trinajstić information content (AvgIpc) is 3.35. The van der Waals surface area contributed by atoms with Crippen molar-refractivity contribution in [2.45, 2.75) is 18.9 Å². The molecule has 2 atom stereocenters. The number of rotatable bonds is 3. The molecule has 164 valence electrons. The van der Waals surface area contributed by atoms with E-state index in [9.17, 15) is 18.0 Å². The lowest BCUT2D eigenvalue weighted by Gasteiger charge is -2.38. The van der Waals surface area contributed by atoms with Gasteiger partial charge in [-0.1, -0.05) is 36.4 Å². The number of fused-ring (bicyclic) bond motifs is 1. The molecular weight excluding hydrogens is 414 g/mol. The molecule has 8 heteroatoms. The van der Waals surface area contributed by atoms with Crippen LogP contribution in [-0.2, 0) is 19.4 Å². The second-order valence-electron chi connectivity index (χ2n) is 8.82. The van der Waals surface area contributed by atoms with Gasteiger partial charge in [-0.2, -0.15) is 0 Å². The number of carbonyl (C=O) groups excluding carboxylic acids is 2. The Bertz CT molecular complexity index is 1120. The molecule has 0 unspecified atom stereocenters. The molecule has 0 aromatic heterocycles. The number of anilines is 1. The van der Waals surface area contributed by atoms with Gasteiger partial charge in [-0.3, -0.25) is 14.5 Å². The molecule has 0 radical (unpaired) electrons. The highest BCUT2D eigenvalue weighted by Crippen LogP contribution is 2.32. The fourth-order valence-electron chi connectivity index (χ4n) is 5.18. The van der Waals surface area contributed by atoms with Crippen LogP contribution in [0.2, 0.25) is 0 Å². The summed E-state index contributed by atoms with van der Waals surface area (Å²) in [7, 11) is -2.91. The third-order valence-corrected chi connectivity index (χ3v) is 8.63. The van der Waals surface area contributed by atoms with E-state index in [1.54, 1.807) is 4.90 Å². The normalized spacial score (nSPS) is 26.6. The number of hydrogen-bond donors (Lipinski definition) is 0. The summed E-state index contributed by atoms with van der Waals surface area (Å²) in [4.78, 5) is 31.8. The summed E-state index contributed by atoms with van der Waals surface area (Å²) in [5.74, 6) is 0.201. The number of benzene rings is 2. The summed E-state index contributed by atoms with van der Waals surface area (Å²) >= 11 is 0. The van der Waals surface area contributed by atoms with Crippen LogP contribution in [0.25, 0.3) is 10.8 Å². The number of amides is 2. The second-order valence-corrected chi connectivity index (χ2v) is 11.1. The van der Waals surface area contributed by atoms with Gasteiger partial charge in [0.25, 0.3) is 0 Å². The predicted octanol–water partition coefficient (Wildman–Crippen LogP) is 1.52. The smallest absolute Gasteiger partial charge is 0.228 e. The van der Waals surface area contributed by atoms with E-state index in [0.717, 1.165) is 16.5 Å². The molecule has 5 rings (SSSR count). The number of piperazine rings is 1. The van der Waals surface area contributed by atoms with E-state index in [4.69, 9.17) is 0 Å². The van der Waals surface area contributed by atoms with Crippen LogP contribution < -0.4 is 4.90 Å². The van der Waals surface area contributed by atoms with Gasteiger partial charge in [0.1, 0.15) is 0 Å². The first-order valence-electron chi connectivity index (χ1n) is 10.9. The monoisotopic (exact) mass is 441 g/mol. The maximum Gasteiger partial charge on any atom is 0.228 e. The van der Waals surface area contributed by atoms with Gasteiger partial charge < -0.3 is 9.80 Å². The molecule has 0 bridgehead atoms. The average molecular weight is 442 g/mol. The number of hydrogen-bond acceptors (Lipinski definition) is 5. The minimum Gasteiger partial charge on any atom is -0.340 e. The zero-order valence-corrected chi connectivity index (χ0v) is 18.3. The van der Waals surface area contributed by atoms with E-state index in [2.05, 4.69) is 4.90 Å². The predicted molar refractivity (Wildman–Crippen MR) is 120 cm³/mol. The van der Waals surface area contributed by atoms with Crippen LogP contribution in [0.4, 0.5) is 5.69 Å². The fraction of sp³-hybridized carbons (Fsp3) is 0.478. The van der Waals surface area contributed by atoms with Crippen molar-refractivity contribution in [3.8, 4) is 0 Å². The topological polar surface area (TPSA) is 78.0 Å². The minimum atomic E-state index is -2.91. The van der Waals surface area contributed by atoms with Crippen molar-refractivity contribution in [1.82, 2.24) is 9.80 Å². The number of nitrogens with zero attached hydrogens (tertiary/aromatic N) is 3. The molecule has 3 fully saturated rings. The van der Waals surface area contributed by atoms with E-state index in [0.29, 0.717) is 39.1 Å². The van der Waals surface area contributed by atoms with Gasteiger partial charge in [-0.25, -0.2) is 8.42 Å². The summed E-state index contributed by atoms with van der Waals surface area (Å²) < 4.78 is 23.5. The standard InChI is InChI=1S/C23H27N3O4S/c27-22-14-18(15-26(22)21-7-3-5-17-4-1-2-6-20(17)21)23(28)25-11-9-24(10-12-25)19-8-13-31(29,30)16-19/h1-7,18-19H,8-16H2/t18-,19+/m0/s1. The molecule has 0 N–H and O–H groups in total. The molecule has 7 nitrogen and oxygen atoms in total. The van der Waals surface area contributed by atoms with Crippen molar-refractivity contribution in [3.63, 3.8) is 0 Å². The van der Waals surface area contributed by atoms with Crippen LogP contribution in [0.5, 0.6) is 0 Å². The largest absolute Gasteiger partial charge is 0.340 e. The third-order valence-electron chi connectivity index (χ3n) is 6.88. The van der Waals surface area contributed by atoms with Crippen molar-refractivity contribution in [3.05, 3.63) is 42.5 Å². The number of sulfone groups is 1. The highest BCUT2D eigenvalue weighted by Gasteiger charge is 2.39. The Balaban J connectivity index is 1.24. The van der Waals surface area contributed by atoms with Crippen LogP contribution in [0, 0.1) is 5.92 Å². The van der Waals surface area contributed by atoms with E-state index in [-0.39, 0.29) is 41.7 Å². The molecule has 3 aliphatic heterocycles. The van der Waals surface area contributed by atoms with Crippen molar-refractivity contribution in [2.24, 2.45) is 5.92 Å². The Morgan fingerprint density at radius 1 is 0.968 bits per heavy atom. The van der Waals surface area contributed by atoms with Gasteiger partial charge in [0.05, 0.1) is 23.1 Å². The maximum absolute atomic E-state index is 13.2. The van der Waals surface area contributed by atoms with Gasteiger partial charge in [-0.05, 0) is 17.9 Å². The van der Waals surface area contributed by atoms with E-state index in [1.165, 1.54) is 0 Å². The lowest BCUT2D eigenvalue weighted by molar-refractivity contribution is -0.137. The summed E-state index contributed by atoms with van der Waals surface area (Å²) in [6, 6.07) is 14.0. The Morgan fingerprint density at radius 2 is 1.71 bits per heavy atom. The summed E-state index contributed by atoms with van der Waals surface area (Å²) in [5.41, 5.74) is 0.866. The van der Waals surface area contributed by atoms with Crippen molar-refractivity contribution >= 4 is 38.1 Å². The number of carbonyl (C=O) groups is 2. The van der Waals surface area contributed by atoms with Gasteiger partial charge in [0.2, 0.25) is 11.8 Å². The Labute approximate surface area is 182 Å². The van der Waals surface area contributed by atoms with Crippen molar-refractivity contribution in [1.29, 1.82) is 0 Å². The highest BCUT2D eigenvalue weighted by molar-refractivity contribution is 7.91. The lowest BCUT2D eigenvalue weighted by atomic mass is 10.1. The van der Waals surface area contributed by atoms with E-state index in [1.807, 2.05) is 47.4 Å². The quantitative estimate of drug-likeness (QED) is 0.722. The van der Waals surface area contributed by atoms with Gasteiger partial charge in [0, 0.05) is 50.6 Å². The van der Waals surface area contributed by atoms with E-state index < -0.39 is 9.84 Å². The van der Waals surface area contributed by atoms with Crippen LogP contribution >= 0.6 is 0 Å². The molecule has 31 heavy (non-hydrogen) atoms. The van der Waals surface area contributed by atoms with Crippen LogP contribution in [0.3, 0.4) is 0 Å². The van der Waals surface area contributed by atoms with Crippen molar-refractivity contribution < 1.29 is 18.0 Å². The fourth-order valence-corrected chi connectivity index (χ4v) is 6.94. The molecule has 3 saturated heterocycles. The summed E-state index contributed by atoms with van der Waals surface area (Å²) in [6.07, 6.45) is 0.927. The zero-order chi connectivity index (χ0) is 21.6. The molecule has 0 aliphatic carbocycles. The maximum atomic E-state index is 13.2. The van der Waals surface area contributed by atoms with Crippen LogP contribution in [-0.4, -0.2) is 80.3 Å². The van der Waals surface area contributed by atoms with E-state index >= 15 is 0 Å². The second kappa shape index (κ2) is 7.91. The molecule has 3 heterocycles. The SMILES string of the molecule is O=C([C@H]1CC(=O)N(c2cccc3ccccc23)C1)N1CCN([C@@H]2CCS(=O)(=O)C2)CC1. The first-order chi connectivity index (χ1) is 14.9. The van der Waals surface area contributed by atoms with Gasteiger partial charge in [-0.15, -0.1) is 0 Å². The lowest BCUT2D eigenvalue weighted by Crippen LogP contribution is -2.53. The Morgan fingerprint density at radius 3 is 2.45 bits per heavy atom. The molecule has 2 aromatic carbocycles. The molecule has 0 saturated carbocycles. The zero-order valence-electron chi connectivity index (χ0n) is 17.4. The first-order valence-corrected chi connectivity index (χ1v) is 12.7. The van der Waals surface area contributed by atoms with Gasteiger partial charge >= 0.3 is 0 Å². The van der Waals surface area contributed by atoms with Crippen molar-refractivity contribution in [2.75, 3.05) is 49.1 Å². The molecule has 2 aromatic rings. The highest BCUT2D eigenvalue weighted by atomic mass is 32.2. The molecule has 3 aliphatic rings. The molecule has 0 spiro atoms. The van der Waals surface area contributed by atoms with Gasteiger partial charge in [0.15, 0.2) is 9.84 Å². The third kappa shape index (κ3) is 3.94. The molecule has 2 amide bonds. The molecular formula is C23H27N3O4S. The summed E-state index contributed by atoms with van der Waals surface area (Å²) in [6.45, 7) is 2.98. The Kier molecular flexibility index (Phi) is 5.22.